The molecule has 0 saturated carbocycles. The van der Waals surface area contributed by atoms with Crippen LogP contribution in [-0.2, 0) is 0 Å². The normalized spacial score (nSPS) is 15.4. The number of benzene rings is 1. The second-order valence-corrected chi connectivity index (χ2v) is 4.09. The number of rotatable bonds is 3. The minimum Gasteiger partial charge on any atom is -0.395 e. The number of aliphatic hydroxyl groups excluding tert-OH is 2. The van der Waals surface area contributed by atoms with Crippen molar-refractivity contribution < 1.29 is 10.2 Å². The van der Waals surface area contributed by atoms with Crippen molar-refractivity contribution >= 4 is 22.6 Å². The Morgan fingerprint density at radius 3 is 2.69 bits per heavy atom. The van der Waals surface area contributed by atoms with Gasteiger partial charge in [0.15, 0.2) is 0 Å². The first-order chi connectivity index (χ1) is 6.15. The highest BCUT2D eigenvalue weighted by molar-refractivity contribution is 14.1. The van der Waals surface area contributed by atoms with Gasteiger partial charge in [-0.05, 0) is 40.3 Å². The second kappa shape index (κ2) is 4.90. The molecule has 4 N–H and O–H groups in total. The highest BCUT2D eigenvalue weighted by Gasteiger charge is 2.15. The number of halogens is 1. The molecule has 2 unspecified atom stereocenters. The number of nitrogens with two attached hydrogens (primary N) is 1. The standard InChI is InChI=1S/C9H12INO2/c10-7-3-1-2-6(4-7)9(13)8(11)5-12/h1-4,8-9,12-13H,5,11H2. The van der Waals surface area contributed by atoms with Gasteiger partial charge in [-0.1, -0.05) is 12.1 Å². The first-order valence-electron chi connectivity index (χ1n) is 3.95. The van der Waals surface area contributed by atoms with Crippen molar-refractivity contribution in [2.45, 2.75) is 12.1 Å². The number of hydrogen-bond donors (Lipinski definition) is 3. The summed E-state index contributed by atoms with van der Waals surface area (Å²) in [5.41, 5.74) is 6.24. The second-order valence-electron chi connectivity index (χ2n) is 2.85. The van der Waals surface area contributed by atoms with Crippen LogP contribution in [0.5, 0.6) is 0 Å². The molecule has 2 atom stereocenters. The van der Waals surface area contributed by atoms with E-state index in [0.29, 0.717) is 0 Å². The van der Waals surface area contributed by atoms with E-state index < -0.39 is 12.1 Å². The van der Waals surface area contributed by atoms with Gasteiger partial charge in [-0.2, -0.15) is 0 Å². The molecule has 0 amide bonds. The van der Waals surface area contributed by atoms with E-state index in [-0.39, 0.29) is 6.61 Å². The van der Waals surface area contributed by atoms with Crippen LogP contribution in [-0.4, -0.2) is 22.9 Å². The Morgan fingerprint density at radius 2 is 2.15 bits per heavy atom. The van der Waals surface area contributed by atoms with E-state index in [0.717, 1.165) is 9.13 Å². The van der Waals surface area contributed by atoms with Gasteiger partial charge in [-0.15, -0.1) is 0 Å². The Labute approximate surface area is 90.7 Å². The summed E-state index contributed by atoms with van der Waals surface area (Å²) in [4.78, 5) is 0. The Balaban J connectivity index is 2.82. The Bertz CT molecular complexity index is 280. The summed E-state index contributed by atoms with van der Waals surface area (Å²) in [7, 11) is 0. The molecule has 0 fully saturated rings. The van der Waals surface area contributed by atoms with Gasteiger partial charge in [-0.25, -0.2) is 0 Å². The molecule has 1 rings (SSSR count). The third kappa shape index (κ3) is 2.91. The Hall–Kier alpha value is -0.170. The first kappa shape index (κ1) is 10.9. The topological polar surface area (TPSA) is 66.5 Å². The van der Waals surface area contributed by atoms with Gasteiger partial charge in [0.2, 0.25) is 0 Å². The van der Waals surface area contributed by atoms with Crippen molar-refractivity contribution in [3.8, 4) is 0 Å². The third-order valence-electron chi connectivity index (χ3n) is 1.81. The van der Waals surface area contributed by atoms with Crippen LogP contribution in [0.1, 0.15) is 11.7 Å². The molecule has 72 valence electrons. The zero-order valence-electron chi connectivity index (χ0n) is 7.02. The van der Waals surface area contributed by atoms with Crippen LogP contribution in [0.4, 0.5) is 0 Å². The van der Waals surface area contributed by atoms with Crippen LogP contribution >= 0.6 is 22.6 Å². The Kier molecular flexibility index (Phi) is 4.11. The maximum absolute atomic E-state index is 9.63. The molecular weight excluding hydrogens is 281 g/mol. The van der Waals surface area contributed by atoms with E-state index in [4.69, 9.17) is 10.8 Å². The summed E-state index contributed by atoms with van der Waals surface area (Å²) in [6.45, 7) is -0.216. The summed E-state index contributed by atoms with van der Waals surface area (Å²) in [5, 5.41) is 18.4. The van der Waals surface area contributed by atoms with Crippen molar-refractivity contribution in [2.24, 2.45) is 5.73 Å². The molecule has 3 nitrogen and oxygen atoms in total. The van der Waals surface area contributed by atoms with Crippen molar-refractivity contribution in [3.63, 3.8) is 0 Å². The zero-order chi connectivity index (χ0) is 9.84. The SMILES string of the molecule is NC(CO)C(O)c1cccc(I)c1. The molecular formula is C9H12INO2. The third-order valence-corrected chi connectivity index (χ3v) is 2.48. The van der Waals surface area contributed by atoms with Gasteiger partial charge >= 0.3 is 0 Å². The molecule has 0 radical (unpaired) electrons. The smallest absolute Gasteiger partial charge is 0.0963 e. The van der Waals surface area contributed by atoms with Crippen LogP contribution < -0.4 is 5.73 Å². The Morgan fingerprint density at radius 1 is 1.46 bits per heavy atom. The lowest BCUT2D eigenvalue weighted by molar-refractivity contribution is 0.109. The van der Waals surface area contributed by atoms with Gasteiger partial charge in [0.25, 0.3) is 0 Å². The van der Waals surface area contributed by atoms with Crippen LogP contribution in [0, 0.1) is 3.57 Å². The maximum Gasteiger partial charge on any atom is 0.0963 e. The molecule has 1 aromatic rings. The minimum atomic E-state index is -0.792. The lowest BCUT2D eigenvalue weighted by Gasteiger charge is -2.16. The minimum absolute atomic E-state index is 0.216. The number of aliphatic hydroxyl groups is 2. The fourth-order valence-corrected chi connectivity index (χ4v) is 1.60. The van der Waals surface area contributed by atoms with Crippen LogP contribution in [0.25, 0.3) is 0 Å². The molecule has 0 saturated heterocycles. The van der Waals surface area contributed by atoms with Gasteiger partial charge in [0.05, 0.1) is 18.8 Å². The van der Waals surface area contributed by atoms with Gasteiger partial charge in [0.1, 0.15) is 0 Å². The van der Waals surface area contributed by atoms with E-state index in [1.807, 2.05) is 18.2 Å². The average Bonchev–Trinajstić information content (AvgIpc) is 2.15. The molecule has 0 aliphatic rings. The molecule has 0 aromatic heterocycles. The monoisotopic (exact) mass is 293 g/mol. The van der Waals surface area contributed by atoms with Crippen molar-refractivity contribution in [2.75, 3.05) is 6.61 Å². The predicted molar refractivity (Wildman–Crippen MR) is 59.2 cm³/mol. The largest absolute Gasteiger partial charge is 0.395 e. The lowest BCUT2D eigenvalue weighted by Crippen LogP contribution is -2.31. The summed E-state index contributed by atoms with van der Waals surface area (Å²) in [6, 6.07) is 6.81. The molecule has 0 aliphatic heterocycles. The van der Waals surface area contributed by atoms with Gasteiger partial charge in [0, 0.05) is 3.57 Å². The highest BCUT2D eigenvalue weighted by atomic mass is 127. The van der Waals surface area contributed by atoms with E-state index in [2.05, 4.69) is 22.6 Å². The quantitative estimate of drug-likeness (QED) is 0.717. The van der Waals surface area contributed by atoms with Gasteiger partial charge < -0.3 is 15.9 Å². The molecule has 0 aliphatic carbocycles. The van der Waals surface area contributed by atoms with Crippen molar-refractivity contribution in [1.82, 2.24) is 0 Å². The molecule has 0 spiro atoms. The van der Waals surface area contributed by atoms with E-state index in [1.54, 1.807) is 6.07 Å². The highest BCUT2D eigenvalue weighted by Crippen LogP contribution is 2.17. The molecule has 1 aromatic carbocycles. The summed E-state index contributed by atoms with van der Waals surface area (Å²) in [5.74, 6) is 0. The molecule has 13 heavy (non-hydrogen) atoms. The van der Waals surface area contributed by atoms with Gasteiger partial charge in [-0.3, -0.25) is 0 Å². The van der Waals surface area contributed by atoms with E-state index >= 15 is 0 Å². The lowest BCUT2D eigenvalue weighted by atomic mass is 10.0. The first-order valence-corrected chi connectivity index (χ1v) is 5.03. The van der Waals surface area contributed by atoms with Crippen LogP contribution in [0.15, 0.2) is 24.3 Å². The fourth-order valence-electron chi connectivity index (χ4n) is 1.04. The summed E-state index contributed by atoms with van der Waals surface area (Å²) in [6.07, 6.45) is -0.792. The average molecular weight is 293 g/mol. The molecule has 4 heteroatoms. The van der Waals surface area contributed by atoms with E-state index in [9.17, 15) is 5.11 Å². The zero-order valence-corrected chi connectivity index (χ0v) is 9.18. The maximum atomic E-state index is 9.63. The molecule has 0 heterocycles. The van der Waals surface area contributed by atoms with Crippen molar-refractivity contribution in [1.29, 1.82) is 0 Å². The summed E-state index contributed by atoms with van der Waals surface area (Å²) >= 11 is 2.16. The molecule has 0 bridgehead atoms. The number of hydrogen-bond acceptors (Lipinski definition) is 3. The summed E-state index contributed by atoms with van der Waals surface area (Å²) < 4.78 is 1.04. The van der Waals surface area contributed by atoms with Crippen LogP contribution in [0.2, 0.25) is 0 Å². The predicted octanol–water partition coefficient (Wildman–Crippen LogP) is 0.644. The van der Waals surface area contributed by atoms with Crippen LogP contribution in [0.3, 0.4) is 0 Å². The van der Waals surface area contributed by atoms with Crippen molar-refractivity contribution in [3.05, 3.63) is 33.4 Å². The fraction of sp³-hybridized carbons (Fsp3) is 0.333. The van der Waals surface area contributed by atoms with E-state index in [1.165, 1.54) is 0 Å².